The summed E-state index contributed by atoms with van der Waals surface area (Å²) in [5, 5.41) is 41.8. The van der Waals surface area contributed by atoms with Crippen molar-refractivity contribution in [3.8, 4) is 16.9 Å². The number of hydrogen-bond donors (Lipinski definition) is 6. The number of aliphatic hydroxyl groups is 2. The summed E-state index contributed by atoms with van der Waals surface area (Å²) in [5.41, 5.74) is 7.94. The van der Waals surface area contributed by atoms with Gasteiger partial charge >= 0.3 is 0 Å². The van der Waals surface area contributed by atoms with Gasteiger partial charge in [-0.05, 0) is 71.5 Å². The molecular formula is C41H49N3O8. The number of rotatable bonds is 17. The number of phenolic OH excluding ortho intramolecular Hbond substituents is 1. The summed E-state index contributed by atoms with van der Waals surface area (Å²) in [7, 11) is 1.93. The van der Waals surface area contributed by atoms with Crippen LogP contribution >= 0.6 is 0 Å². The predicted molar refractivity (Wildman–Crippen MR) is 196 cm³/mol. The highest BCUT2D eigenvalue weighted by Gasteiger charge is 2.33. The number of aromatic hydroxyl groups is 1. The molecule has 4 aromatic rings. The summed E-state index contributed by atoms with van der Waals surface area (Å²) in [4.78, 5) is 25.5. The molecule has 4 aromatic carbocycles. The van der Waals surface area contributed by atoms with Crippen LogP contribution in [0.2, 0.25) is 0 Å². The van der Waals surface area contributed by atoms with Crippen molar-refractivity contribution in [1.82, 2.24) is 15.7 Å². The van der Waals surface area contributed by atoms with Gasteiger partial charge in [0.1, 0.15) is 5.75 Å². The van der Waals surface area contributed by atoms with E-state index in [-0.39, 0.29) is 36.9 Å². The summed E-state index contributed by atoms with van der Waals surface area (Å²) in [5.74, 6) is -0.354. The fourth-order valence-electron chi connectivity index (χ4n) is 6.37. The number of ether oxygens (including phenoxy) is 2. The Labute approximate surface area is 304 Å². The topological polar surface area (TPSA) is 161 Å². The number of unbranched alkanes of at least 4 members (excludes halogenated alkanes) is 2. The van der Waals surface area contributed by atoms with Crippen molar-refractivity contribution in [2.24, 2.45) is 0 Å². The third kappa shape index (κ3) is 11.4. The molecule has 0 bridgehead atoms. The highest BCUT2D eigenvalue weighted by Crippen LogP contribution is 2.39. The Kier molecular flexibility index (Phi) is 14.3. The van der Waals surface area contributed by atoms with E-state index >= 15 is 0 Å². The van der Waals surface area contributed by atoms with Gasteiger partial charge in [-0.1, -0.05) is 85.3 Å². The molecule has 0 spiro atoms. The molecule has 0 radical (unpaired) electrons. The van der Waals surface area contributed by atoms with Crippen LogP contribution < -0.4 is 10.8 Å². The number of benzene rings is 4. The smallest absolute Gasteiger partial charge is 0.243 e. The standard InChI is InChI=1S/C41H49N3O8/c1-44(26-37(47)34-9-6-10-35(46)22-34)25-36-23-38(31-15-13-28(27-45)14-16-31)52-41(51-36)32-19-17-30(18-20-32)33-8-5-7-29(21-33)24-42-39(48)11-3-2-4-12-40(49)43-50/h5-10,13-22,36-38,41,45-47,50H,2-4,11-12,23-27H2,1H3,(H,42,48)(H,43,49)/t36-,37-,38+,41+/m1/s1. The number of hydroxylamine groups is 1. The number of carbonyl (C=O) groups excluding carboxylic acids is 2. The number of nitrogens with zero attached hydrogens (tertiary/aromatic N) is 1. The first-order chi connectivity index (χ1) is 25.2. The Morgan fingerprint density at radius 1 is 0.827 bits per heavy atom. The van der Waals surface area contributed by atoms with Gasteiger partial charge in [0.05, 0.1) is 24.9 Å². The monoisotopic (exact) mass is 711 g/mol. The van der Waals surface area contributed by atoms with Gasteiger partial charge in [0, 0.05) is 44.5 Å². The molecule has 1 aliphatic rings. The Morgan fingerprint density at radius 2 is 1.54 bits per heavy atom. The summed E-state index contributed by atoms with van der Waals surface area (Å²) in [6.07, 6.45) is 1.36. The second-order valence-electron chi connectivity index (χ2n) is 13.4. The number of carbonyl (C=O) groups is 2. The molecule has 1 fully saturated rings. The second-order valence-corrected chi connectivity index (χ2v) is 13.4. The summed E-state index contributed by atoms with van der Waals surface area (Å²) < 4.78 is 13.1. The van der Waals surface area contributed by atoms with Crippen molar-refractivity contribution in [2.75, 3.05) is 20.1 Å². The quantitative estimate of drug-likeness (QED) is 0.0450. The minimum absolute atomic E-state index is 0.0348. The maximum absolute atomic E-state index is 12.4. The highest BCUT2D eigenvalue weighted by molar-refractivity contribution is 5.76. The van der Waals surface area contributed by atoms with Gasteiger partial charge in [-0.15, -0.1) is 0 Å². The molecule has 6 N–H and O–H groups in total. The van der Waals surface area contributed by atoms with Gasteiger partial charge in [0.25, 0.3) is 0 Å². The minimum atomic E-state index is -0.776. The first-order valence-corrected chi connectivity index (χ1v) is 17.8. The van der Waals surface area contributed by atoms with Gasteiger partial charge in [0.2, 0.25) is 11.8 Å². The van der Waals surface area contributed by atoms with E-state index in [2.05, 4.69) is 11.4 Å². The predicted octanol–water partition coefficient (Wildman–Crippen LogP) is 5.83. The van der Waals surface area contributed by atoms with Gasteiger partial charge < -0.3 is 35.0 Å². The molecular weight excluding hydrogens is 662 g/mol. The van der Waals surface area contributed by atoms with E-state index < -0.39 is 18.3 Å². The van der Waals surface area contributed by atoms with Crippen molar-refractivity contribution in [3.05, 3.63) is 125 Å². The first kappa shape index (κ1) is 38.6. The highest BCUT2D eigenvalue weighted by atomic mass is 16.7. The van der Waals surface area contributed by atoms with E-state index in [0.717, 1.165) is 39.8 Å². The molecule has 0 aromatic heterocycles. The van der Waals surface area contributed by atoms with Crippen molar-refractivity contribution < 1.29 is 39.6 Å². The molecule has 5 rings (SSSR count). The van der Waals surface area contributed by atoms with Crippen LogP contribution in [0.1, 0.15) is 84.8 Å². The van der Waals surface area contributed by atoms with Crippen LogP contribution in [0.3, 0.4) is 0 Å². The number of aliphatic hydroxyl groups excluding tert-OH is 2. The molecule has 0 saturated carbocycles. The van der Waals surface area contributed by atoms with Crippen LogP contribution in [0.25, 0.3) is 11.1 Å². The Balaban J connectivity index is 1.21. The van der Waals surface area contributed by atoms with E-state index in [0.29, 0.717) is 50.9 Å². The average molecular weight is 712 g/mol. The van der Waals surface area contributed by atoms with Crippen LogP contribution in [0.4, 0.5) is 0 Å². The molecule has 11 nitrogen and oxygen atoms in total. The number of hydrogen-bond acceptors (Lipinski definition) is 9. The van der Waals surface area contributed by atoms with Gasteiger partial charge in [0.15, 0.2) is 6.29 Å². The van der Waals surface area contributed by atoms with Gasteiger partial charge in [-0.25, -0.2) is 5.48 Å². The molecule has 11 heteroatoms. The first-order valence-electron chi connectivity index (χ1n) is 17.8. The summed E-state index contributed by atoms with van der Waals surface area (Å²) >= 11 is 0. The van der Waals surface area contributed by atoms with Crippen molar-refractivity contribution in [1.29, 1.82) is 0 Å². The number of likely N-dealkylation sites (N-methyl/N-ethyl adjacent to an activating group) is 1. The average Bonchev–Trinajstić information content (AvgIpc) is 3.16. The maximum Gasteiger partial charge on any atom is 0.243 e. The number of nitrogens with one attached hydrogen (secondary N) is 2. The van der Waals surface area contributed by atoms with E-state index in [9.17, 15) is 24.9 Å². The lowest BCUT2D eigenvalue weighted by atomic mass is 9.98. The lowest BCUT2D eigenvalue weighted by molar-refractivity contribution is -0.252. The zero-order valence-corrected chi connectivity index (χ0v) is 29.5. The Morgan fingerprint density at radius 3 is 2.25 bits per heavy atom. The van der Waals surface area contributed by atoms with Crippen LogP contribution in [-0.4, -0.2) is 63.5 Å². The lowest BCUT2D eigenvalue weighted by Gasteiger charge is -2.38. The van der Waals surface area contributed by atoms with Gasteiger partial charge in [-0.2, -0.15) is 0 Å². The minimum Gasteiger partial charge on any atom is -0.508 e. The third-order valence-corrected chi connectivity index (χ3v) is 9.24. The largest absolute Gasteiger partial charge is 0.508 e. The number of phenols is 1. The van der Waals surface area contributed by atoms with E-state index in [1.807, 2.05) is 78.7 Å². The second kappa shape index (κ2) is 19.3. The third-order valence-electron chi connectivity index (χ3n) is 9.24. The zero-order valence-electron chi connectivity index (χ0n) is 29.5. The molecule has 276 valence electrons. The Bertz CT molecular complexity index is 1730. The molecule has 1 heterocycles. The van der Waals surface area contributed by atoms with Crippen LogP contribution in [0.15, 0.2) is 97.1 Å². The van der Waals surface area contributed by atoms with Crippen LogP contribution in [-0.2, 0) is 32.2 Å². The molecule has 0 unspecified atom stereocenters. The van der Waals surface area contributed by atoms with Crippen molar-refractivity contribution >= 4 is 11.8 Å². The van der Waals surface area contributed by atoms with Crippen LogP contribution in [0.5, 0.6) is 5.75 Å². The zero-order chi connectivity index (χ0) is 36.9. The molecule has 2 amide bonds. The fraction of sp³-hybridized carbons (Fsp3) is 0.366. The van der Waals surface area contributed by atoms with Gasteiger partial charge in [-0.3, -0.25) is 14.8 Å². The summed E-state index contributed by atoms with van der Waals surface area (Å²) in [6.45, 7) is 1.27. The number of amides is 2. The summed E-state index contributed by atoms with van der Waals surface area (Å²) in [6, 6.07) is 30.5. The Hall–Kier alpha value is -4.62. The molecule has 4 atom stereocenters. The molecule has 1 aliphatic heterocycles. The van der Waals surface area contributed by atoms with E-state index in [1.54, 1.807) is 29.7 Å². The van der Waals surface area contributed by atoms with Crippen LogP contribution in [0, 0.1) is 0 Å². The lowest BCUT2D eigenvalue weighted by Crippen LogP contribution is -2.39. The van der Waals surface area contributed by atoms with Crippen molar-refractivity contribution in [2.45, 2.75) is 76.3 Å². The van der Waals surface area contributed by atoms with E-state index in [4.69, 9.17) is 14.7 Å². The van der Waals surface area contributed by atoms with Crippen molar-refractivity contribution in [3.63, 3.8) is 0 Å². The van der Waals surface area contributed by atoms with E-state index in [1.165, 1.54) is 0 Å². The fourth-order valence-corrected chi connectivity index (χ4v) is 6.37. The molecule has 0 aliphatic carbocycles. The maximum atomic E-state index is 12.4. The SMILES string of the molecule is CN(C[C@H]1C[C@@H](c2ccc(CO)cc2)O[C@@H](c2ccc(-c3cccc(CNC(=O)CCCCCC(=O)NO)c3)cc2)O1)C[C@@H](O)c1cccc(O)c1. The molecule has 52 heavy (non-hydrogen) atoms. The molecule has 1 saturated heterocycles. The normalized spacial score (nSPS) is 17.8.